The smallest absolute Gasteiger partial charge is 0.410 e. The number of rotatable bonds is 5. The normalized spacial score (nSPS) is 19.5. The van der Waals surface area contributed by atoms with Gasteiger partial charge >= 0.3 is 12.1 Å². The van der Waals surface area contributed by atoms with Gasteiger partial charge in [0, 0.05) is 31.9 Å². The summed E-state index contributed by atoms with van der Waals surface area (Å²) < 4.78 is 5.42. The molecule has 2 aliphatic rings. The molecule has 35 heavy (non-hydrogen) atoms. The van der Waals surface area contributed by atoms with E-state index in [0.717, 1.165) is 19.3 Å². The Balaban J connectivity index is 1.46. The number of carbonyl (C=O) groups is 4. The molecular formula is C26H35N3O6. The van der Waals surface area contributed by atoms with Gasteiger partial charge in [0.05, 0.1) is 11.5 Å². The number of nitrogens with zero attached hydrogens (tertiary/aromatic N) is 2. The van der Waals surface area contributed by atoms with Gasteiger partial charge in [-0.3, -0.25) is 9.59 Å². The molecule has 1 atom stereocenters. The van der Waals surface area contributed by atoms with Crippen molar-refractivity contribution in [2.24, 2.45) is 11.8 Å². The number of piperidine rings is 2. The Hall–Kier alpha value is -3.36. The van der Waals surface area contributed by atoms with Gasteiger partial charge in [-0.25, -0.2) is 9.59 Å². The third-order valence-electron chi connectivity index (χ3n) is 6.21. The van der Waals surface area contributed by atoms with Crippen molar-refractivity contribution in [2.45, 2.75) is 52.1 Å². The van der Waals surface area contributed by atoms with E-state index in [1.54, 1.807) is 28.0 Å². The first-order valence-electron chi connectivity index (χ1n) is 12.1. The molecule has 0 radical (unpaired) electrons. The van der Waals surface area contributed by atoms with E-state index < -0.39 is 11.6 Å². The molecule has 190 valence electrons. The first kappa shape index (κ1) is 26.2. The maximum atomic E-state index is 12.8. The van der Waals surface area contributed by atoms with Gasteiger partial charge in [0.1, 0.15) is 5.60 Å². The summed E-state index contributed by atoms with van der Waals surface area (Å²) in [6, 6.07) is 6.00. The molecule has 0 saturated carbocycles. The molecule has 0 aliphatic carbocycles. The molecule has 2 aliphatic heterocycles. The lowest BCUT2D eigenvalue weighted by Gasteiger charge is -2.33. The van der Waals surface area contributed by atoms with Crippen LogP contribution in [0.1, 0.15) is 56.8 Å². The summed E-state index contributed by atoms with van der Waals surface area (Å²) in [5, 5.41) is 11.8. The van der Waals surface area contributed by atoms with Gasteiger partial charge in [-0.2, -0.15) is 0 Å². The van der Waals surface area contributed by atoms with Crippen molar-refractivity contribution in [1.82, 2.24) is 9.80 Å². The number of benzene rings is 1. The zero-order valence-electron chi connectivity index (χ0n) is 20.7. The summed E-state index contributed by atoms with van der Waals surface area (Å²) in [4.78, 5) is 52.1. The van der Waals surface area contributed by atoms with Crippen molar-refractivity contribution in [3.8, 4) is 0 Å². The summed E-state index contributed by atoms with van der Waals surface area (Å²) in [5.41, 5.74) is 0.162. The number of anilines is 1. The Morgan fingerprint density at radius 1 is 1.00 bits per heavy atom. The van der Waals surface area contributed by atoms with Crippen LogP contribution in [0, 0.1) is 11.8 Å². The number of ether oxygens (including phenoxy) is 1. The number of carboxylic acids is 1. The lowest BCUT2D eigenvalue weighted by molar-refractivity contribution is -0.130. The average Bonchev–Trinajstić information content (AvgIpc) is 2.82. The van der Waals surface area contributed by atoms with E-state index in [2.05, 4.69) is 5.32 Å². The van der Waals surface area contributed by atoms with Crippen LogP contribution >= 0.6 is 0 Å². The van der Waals surface area contributed by atoms with Gasteiger partial charge in [-0.05, 0) is 82.7 Å². The van der Waals surface area contributed by atoms with Crippen molar-refractivity contribution < 1.29 is 29.0 Å². The molecule has 3 rings (SSSR count). The molecule has 2 saturated heterocycles. The number of carboxylic acid groups (broad SMARTS) is 1. The zero-order valence-corrected chi connectivity index (χ0v) is 20.7. The van der Waals surface area contributed by atoms with Crippen LogP contribution in [0.3, 0.4) is 0 Å². The predicted molar refractivity (Wildman–Crippen MR) is 131 cm³/mol. The van der Waals surface area contributed by atoms with E-state index in [-0.39, 0.29) is 35.3 Å². The maximum Gasteiger partial charge on any atom is 0.410 e. The molecule has 3 amide bonds. The fourth-order valence-electron chi connectivity index (χ4n) is 4.26. The molecule has 2 heterocycles. The Morgan fingerprint density at radius 2 is 1.66 bits per heavy atom. The van der Waals surface area contributed by atoms with Crippen molar-refractivity contribution in [3.05, 3.63) is 42.0 Å². The Kier molecular flexibility index (Phi) is 8.53. The van der Waals surface area contributed by atoms with Gasteiger partial charge in [0.15, 0.2) is 0 Å². The zero-order chi connectivity index (χ0) is 25.6. The molecule has 2 fully saturated rings. The summed E-state index contributed by atoms with van der Waals surface area (Å²) in [6.07, 6.45) is 6.19. The summed E-state index contributed by atoms with van der Waals surface area (Å²) >= 11 is 0. The highest BCUT2D eigenvalue weighted by Gasteiger charge is 2.29. The number of aromatic carboxylic acids is 1. The minimum atomic E-state index is -1.02. The molecule has 9 nitrogen and oxygen atoms in total. The minimum absolute atomic E-state index is 0.108. The standard InChI is InChI=1S/C26H35N3O6/c1-26(2,3)35-25(34)28-15-12-18(13-16-28)6-11-22(30)29-14-4-5-20(17-29)23(31)27-21-9-7-19(8-10-21)24(32)33/h6-11,18,20H,4-5,12-17H2,1-3H3,(H,27,31)(H,32,33). The largest absolute Gasteiger partial charge is 0.478 e. The fourth-order valence-corrected chi connectivity index (χ4v) is 4.26. The number of nitrogens with one attached hydrogen (secondary N) is 1. The van der Waals surface area contributed by atoms with Crippen LogP contribution in [-0.2, 0) is 14.3 Å². The van der Waals surface area contributed by atoms with Crippen LogP contribution in [0.2, 0.25) is 0 Å². The van der Waals surface area contributed by atoms with Crippen LogP contribution in [0.4, 0.5) is 10.5 Å². The number of allylic oxidation sites excluding steroid dienone is 1. The Morgan fingerprint density at radius 3 is 2.26 bits per heavy atom. The van der Waals surface area contributed by atoms with Crippen molar-refractivity contribution in [2.75, 3.05) is 31.5 Å². The second-order valence-corrected chi connectivity index (χ2v) is 10.2. The van der Waals surface area contributed by atoms with Gasteiger partial charge in [0.2, 0.25) is 11.8 Å². The summed E-state index contributed by atoms with van der Waals surface area (Å²) in [6.45, 7) is 7.68. The first-order chi connectivity index (χ1) is 16.5. The fraction of sp³-hybridized carbons (Fsp3) is 0.538. The highest BCUT2D eigenvalue weighted by molar-refractivity contribution is 5.95. The molecule has 0 bridgehead atoms. The second-order valence-electron chi connectivity index (χ2n) is 10.2. The van der Waals surface area contributed by atoms with E-state index >= 15 is 0 Å². The predicted octanol–water partition coefficient (Wildman–Crippen LogP) is 3.77. The number of hydrogen-bond acceptors (Lipinski definition) is 5. The van der Waals surface area contributed by atoms with E-state index in [9.17, 15) is 19.2 Å². The number of hydrogen-bond donors (Lipinski definition) is 2. The van der Waals surface area contributed by atoms with Crippen molar-refractivity contribution >= 4 is 29.6 Å². The first-order valence-corrected chi connectivity index (χ1v) is 12.1. The second kappa shape index (κ2) is 11.4. The van der Waals surface area contributed by atoms with Crippen LogP contribution in [-0.4, -0.2) is 70.6 Å². The highest BCUT2D eigenvalue weighted by atomic mass is 16.6. The Bertz CT molecular complexity index is 958. The number of likely N-dealkylation sites (tertiary alicyclic amines) is 2. The SMILES string of the molecule is CC(C)(C)OC(=O)N1CCC(C=CC(=O)N2CCCC(C(=O)Nc3ccc(C(=O)O)cc3)C2)CC1. The molecule has 2 N–H and O–H groups in total. The maximum absolute atomic E-state index is 12.8. The highest BCUT2D eigenvalue weighted by Crippen LogP contribution is 2.22. The van der Waals surface area contributed by atoms with E-state index in [1.807, 2.05) is 26.8 Å². The topological polar surface area (TPSA) is 116 Å². The van der Waals surface area contributed by atoms with Crippen LogP contribution in [0.15, 0.2) is 36.4 Å². The molecule has 1 unspecified atom stereocenters. The van der Waals surface area contributed by atoms with Gasteiger partial charge < -0.3 is 25.0 Å². The lowest BCUT2D eigenvalue weighted by Crippen LogP contribution is -2.43. The summed E-state index contributed by atoms with van der Waals surface area (Å²) in [7, 11) is 0. The van der Waals surface area contributed by atoms with E-state index in [4.69, 9.17) is 9.84 Å². The van der Waals surface area contributed by atoms with Gasteiger partial charge in [-0.1, -0.05) is 6.08 Å². The Labute approximate surface area is 206 Å². The summed E-state index contributed by atoms with van der Waals surface area (Å²) in [5.74, 6) is -1.41. The minimum Gasteiger partial charge on any atom is -0.478 e. The molecule has 1 aromatic carbocycles. The van der Waals surface area contributed by atoms with Crippen LogP contribution in [0.25, 0.3) is 0 Å². The average molecular weight is 486 g/mol. The number of amides is 3. The van der Waals surface area contributed by atoms with Gasteiger partial charge in [-0.15, -0.1) is 0 Å². The molecular weight excluding hydrogens is 450 g/mol. The van der Waals surface area contributed by atoms with Gasteiger partial charge in [0.25, 0.3) is 0 Å². The molecule has 1 aromatic rings. The van der Waals surface area contributed by atoms with Crippen LogP contribution in [0.5, 0.6) is 0 Å². The van der Waals surface area contributed by atoms with Crippen LogP contribution < -0.4 is 5.32 Å². The lowest BCUT2D eigenvalue weighted by atomic mass is 9.95. The van der Waals surface area contributed by atoms with E-state index in [1.165, 1.54) is 12.1 Å². The molecule has 9 heteroatoms. The van der Waals surface area contributed by atoms with Crippen molar-refractivity contribution in [1.29, 1.82) is 0 Å². The molecule has 0 aromatic heterocycles. The van der Waals surface area contributed by atoms with Crippen molar-refractivity contribution in [3.63, 3.8) is 0 Å². The van der Waals surface area contributed by atoms with E-state index in [0.29, 0.717) is 38.3 Å². The third kappa shape index (κ3) is 7.83. The monoisotopic (exact) mass is 485 g/mol. The molecule has 0 spiro atoms. The number of carbonyl (C=O) groups excluding carboxylic acids is 3. The quantitative estimate of drug-likeness (QED) is 0.614. The third-order valence-corrected chi connectivity index (χ3v) is 6.21.